The summed E-state index contributed by atoms with van der Waals surface area (Å²) in [5, 5.41) is 7.96. The number of carbonyl (C=O) groups excluding carboxylic acids is 2. The van der Waals surface area contributed by atoms with Crippen molar-refractivity contribution in [2.45, 2.75) is 58.7 Å². The standard InChI is InChI=1S/C29H32F4N4O2/c1-4-6-19(7-5-8-27(38)26-14-20-13-21(30)9-12-25(20)36(26)3)15-37-16-23-18(2)22(10-11-24(23)35-37)28(39)34-17-29(31,32)33/h9-14,16,19H,4-8,15,17H2,1-3H3,(H,34,39). The topological polar surface area (TPSA) is 68.9 Å². The van der Waals surface area contributed by atoms with Gasteiger partial charge in [0.05, 0.1) is 11.2 Å². The molecule has 208 valence electrons. The molecule has 1 N–H and O–H groups in total. The normalized spacial score (nSPS) is 12.8. The van der Waals surface area contributed by atoms with Gasteiger partial charge in [-0.3, -0.25) is 14.3 Å². The van der Waals surface area contributed by atoms with Crippen molar-refractivity contribution in [2.75, 3.05) is 6.54 Å². The van der Waals surface area contributed by atoms with Crippen LogP contribution in [0.1, 0.15) is 65.4 Å². The summed E-state index contributed by atoms with van der Waals surface area (Å²) in [5.74, 6) is -0.823. The molecule has 1 unspecified atom stereocenters. The summed E-state index contributed by atoms with van der Waals surface area (Å²) in [7, 11) is 1.81. The van der Waals surface area contributed by atoms with E-state index in [2.05, 4.69) is 12.0 Å². The molecule has 0 radical (unpaired) electrons. The number of alkyl halides is 3. The molecule has 1 atom stereocenters. The lowest BCUT2D eigenvalue weighted by Gasteiger charge is -2.16. The van der Waals surface area contributed by atoms with Crippen molar-refractivity contribution in [1.29, 1.82) is 0 Å². The van der Waals surface area contributed by atoms with Gasteiger partial charge >= 0.3 is 6.18 Å². The Morgan fingerprint density at radius 2 is 1.87 bits per heavy atom. The van der Waals surface area contributed by atoms with Crippen LogP contribution in [-0.2, 0) is 13.6 Å². The number of aryl methyl sites for hydroxylation is 2. The lowest BCUT2D eigenvalue weighted by Crippen LogP contribution is -2.34. The number of nitrogens with zero attached hydrogens (tertiary/aromatic N) is 3. The average Bonchev–Trinajstić information content (AvgIpc) is 3.43. The van der Waals surface area contributed by atoms with Crippen LogP contribution in [0.2, 0.25) is 0 Å². The molecule has 0 bridgehead atoms. The van der Waals surface area contributed by atoms with Gasteiger partial charge in [0.25, 0.3) is 5.91 Å². The summed E-state index contributed by atoms with van der Waals surface area (Å²) < 4.78 is 54.7. The predicted octanol–water partition coefficient (Wildman–Crippen LogP) is 6.74. The minimum absolute atomic E-state index is 0.0149. The lowest BCUT2D eigenvalue weighted by molar-refractivity contribution is -0.123. The number of hydrogen-bond acceptors (Lipinski definition) is 3. The molecular formula is C29H32F4N4O2. The number of benzene rings is 2. The third-order valence-corrected chi connectivity index (χ3v) is 7.15. The molecule has 0 spiro atoms. The van der Waals surface area contributed by atoms with Gasteiger partial charge in [0.15, 0.2) is 5.78 Å². The van der Waals surface area contributed by atoms with Crippen LogP contribution in [-0.4, -0.2) is 38.8 Å². The van der Waals surface area contributed by atoms with Gasteiger partial charge in [-0.05, 0) is 74.1 Å². The summed E-state index contributed by atoms with van der Waals surface area (Å²) in [6.07, 6.45) is 1.16. The molecule has 0 aliphatic rings. The number of amides is 1. The Hall–Kier alpha value is -3.69. The highest BCUT2D eigenvalue weighted by Crippen LogP contribution is 2.25. The largest absolute Gasteiger partial charge is 0.405 e. The Kier molecular flexibility index (Phi) is 8.42. The first-order valence-corrected chi connectivity index (χ1v) is 13.1. The third-order valence-electron chi connectivity index (χ3n) is 7.15. The van der Waals surface area contributed by atoms with Crippen LogP contribution in [0.3, 0.4) is 0 Å². The molecule has 4 aromatic rings. The molecule has 0 saturated heterocycles. The zero-order valence-corrected chi connectivity index (χ0v) is 22.2. The Bertz CT molecular complexity index is 1500. The van der Waals surface area contributed by atoms with E-state index in [1.54, 1.807) is 29.7 Å². The fraction of sp³-hybridized carbons (Fsp3) is 0.414. The summed E-state index contributed by atoms with van der Waals surface area (Å²) in [6, 6.07) is 9.36. The minimum Gasteiger partial charge on any atom is -0.343 e. The van der Waals surface area contributed by atoms with Crippen molar-refractivity contribution < 1.29 is 27.2 Å². The Morgan fingerprint density at radius 3 is 2.59 bits per heavy atom. The van der Waals surface area contributed by atoms with Gasteiger partial charge in [-0.15, -0.1) is 0 Å². The quantitative estimate of drug-likeness (QED) is 0.168. The van der Waals surface area contributed by atoms with Gasteiger partial charge < -0.3 is 9.88 Å². The molecule has 1 amide bonds. The number of ketones is 1. The van der Waals surface area contributed by atoms with Gasteiger partial charge in [-0.2, -0.15) is 18.3 Å². The van der Waals surface area contributed by atoms with Crippen molar-refractivity contribution in [2.24, 2.45) is 13.0 Å². The van der Waals surface area contributed by atoms with Crippen LogP contribution in [0.5, 0.6) is 0 Å². The van der Waals surface area contributed by atoms with E-state index in [0.29, 0.717) is 46.9 Å². The first-order valence-electron chi connectivity index (χ1n) is 13.1. The maximum atomic E-state index is 13.6. The van der Waals surface area contributed by atoms with Crippen molar-refractivity contribution >= 4 is 33.5 Å². The van der Waals surface area contributed by atoms with Crippen LogP contribution in [0.15, 0.2) is 42.6 Å². The molecule has 2 aromatic heterocycles. The number of aromatic nitrogens is 3. The number of carbonyl (C=O) groups is 2. The van der Waals surface area contributed by atoms with Crippen LogP contribution >= 0.6 is 0 Å². The number of nitrogens with one attached hydrogen (secondary N) is 1. The van der Waals surface area contributed by atoms with E-state index in [0.717, 1.165) is 24.8 Å². The first-order chi connectivity index (χ1) is 18.5. The number of halogens is 4. The Balaban J connectivity index is 1.40. The molecule has 39 heavy (non-hydrogen) atoms. The van der Waals surface area contributed by atoms with E-state index in [1.807, 2.05) is 23.2 Å². The number of fused-ring (bicyclic) bond motifs is 2. The van der Waals surface area contributed by atoms with Gasteiger partial charge in [-0.25, -0.2) is 4.39 Å². The maximum absolute atomic E-state index is 13.6. The van der Waals surface area contributed by atoms with E-state index < -0.39 is 18.6 Å². The number of Topliss-reactive ketones (excluding diaryl/α,β-unsaturated/α-hetero) is 1. The van der Waals surface area contributed by atoms with E-state index in [9.17, 15) is 27.2 Å². The van der Waals surface area contributed by atoms with E-state index >= 15 is 0 Å². The number of hydrogen-bond donors (Lipinski definition) is 1. The first kappa shape index (κ1) is 28.3. The van der Waals surface area contributed by atoms with Crippen molar-refractivity contribution in [3.05, 3.63) is 65.2 Å². The summed E-state index contributed by atoms with van der Waals surface area (Å²) in [5.41, 5.74) is 2.80. The molecule has 2 heterocycles. The third kappa shape index (κ3) is 6.66. The summed E-state index contributed by atoms with van der Waals surface area (Å²) in [4.78, 5) is 25.2. The molecule has 0 aliphatic carbocycles. The second-order valence-electron chi connectivity index (χ2n) is 10.1. The molecule has 0 fully saturated rings. The summed E-state index contributed by atoms with van der Waals surface area (Å²) in [6.45, 7) is 3.04. The minimum atomic E-state index is -4.48. The lowest BCUT2D eigenvalue weighted by atomic mass is 9.96. The molecule has 2 aromatic carbocycles. The second kappa shape index (κ2) is 11.6. The molecule has 0 saturated carbocycles. The fourth-order valence-electron chi connectivity index (χ4n) is 5.16. The Morgan fingerprint density at radius 1 is 1.10 bits per heavy atom. The fourth-order valence-corrected chi connectivity index (χ4v) is 5.16. The van der Waals surface area contributed by atoms with E-state index in [1.165, 1.54) is 18.2 Å². The highest BCUT2D eigenvalue weighted by atomic mass is 19.4. The molecule has 6 nitrogen and oxygen atoms in total. The van der Waals surface area contributed by atoms with Gasteiger partial charge in [0.1, 0.15) is 12.4 Å². The highest BCUT2D eigenvalue weighted by molar-refractivity contribution is 6.01. The van der Waals surface area contributed by atoms with Crippen LogP contribution < -0.4 is 5.32 Å². The van der Waals surface area contributed by atoms with Crippen LogP contribution in [0.4, 0.5) is 17.6 Å². The van der Waals surface area contributed by atoms with E-state index in [4.69, 9.17) is 0 Å². The van der Waals surface area contributed by atoms with Gasteiger partial charge in [0, 0.05) is 48.1 Å². The average molecular weight is 545 g/mol. The monoisotopic (exact) mass is 544 g/mol. The predicted molar refractivity (Wildman–Crippen MR) is 142 cm³/mol. The zero-order valence-electron chi connectivity index (χ0n) is 22.2. The highest BCUT2D eigenvalue weighted by Gasteiger charge is 2.28. The van der Waals surface area contributed by atoms with Crippen molar-refractivity contribution in [3.63, 3.8) is 0 Å². The molecular weight excluding hydrogens is 512 g/mol. The molecule has 10 heteroatoms. The zero-order chi connectivity index (χ0) is 28.3. The van der Waals surface area contributed by atoms with Crippen molar-refractivity contribution in [1.82, 2.24) is 19.7 Å². The number of rotatable bonds is 11. The van der Waals surface area contributed by atoms with Gasteiger partial charge in [-0.1, -0.05) is 13.3 Å². The Labute approximate surface area is 224 Å². The molecule has 4 rings (SSSR count). The van der Waals surface area contributed by atoms with Crippen LogP contribution in [0.25, 0.3) is 21.8 Å². The molecule has 0 aliphatic heterocycles. The smallest absolute Gasteiger partial charge is 0.343 e. The maximum Gasteiger partial charge on any atom is 0.405 e. The summed E-state index contributed by atoms with van der Waals surface area (Å²) >= 11 is 0. The SMILES string of the molecule is CCCC(CCCC(=O)c1cc2cc(F)ccc2n1C)Cn1cc2c(C)c(C(=O)NCC(F)(F)F)ccc2n1. The van der Waals surface area contributed by atoms with Gasteiger partial charge in [0.2, 0.25) is 0 Å². The van der Waals surface area contributed by atoms with E-state index in [-0.39, 0.29) is 23.1 Å². The van der Waals surface area contributed by atoms with Crippen LogP contribution in [0, 0.1) is 18.7 Å². The van der Waals surface area contributed by atoms with Crippen molar-refractivity contribution in [3.8, 4) is 0 Å². The second-order valence-corrected chi connectivity index (χ2v) is 10.1.